The average molecular weight is 1030 g/mol. The summed E-state index contributed by atoms with van der Waals surface area (Å²) >= 11 is 3.55. The van der Waals surface area contributed by atoms with Gasteiger partial charge in [0.2, 0.25) is 11.8 Å². The molecule has 0 saturated heterocycles. The number of pyridine rings is 2. The Morgan fingerprint density at radius 1 is 0.556 bits per heavy atom. The molecule has 0 saturated carbocycles. The molecule has 0 spiro atoms. The number of methoxy groups -OCH3 is 2. The highest BCUT2D eigenvalue weighted by Gasteiger charge is 2.27. The first-order chi connectivity index (χ1) is 34.2. The van der Waals surface area contributed by atoms with E-state index in [9.17, 15) is 14.7 Å². The summed E-state index contributed by atoms with van der Waals surface area (Å²) in [5, 5.41) is 13.9. The van der Waals surface area contributed by atoms with Crippen LogP contribution in [0, 0.1) is 24.7 Å². The van der Waals surface area contributed by atoms with Crippen LogP contribution in [0.4, 0.5) is 11.6 Å². The number of aliphatic hydroxyl groups excluding tert-OH is 1. The van der Waals surface area contributed by atoms with Crippen LogP contribution in [0.15, 0.2) is 150 Å². The predicted octanol–water partition coefficient (Wildman–Crippen LogP) is 15.2. The van der Waals surface area contributed by atoms with Gasteiger partial charge in [0, 0.05) is 40.5 Å². The van der Waals surface area contributed by atoms with Gasteiger partial charge in [-0.05, 0) is 153 Å². The van der Waals surface area contributed by atoms with Gasteiger partial charge in [0.25, 0.3) is 0 Å². The van der Waals surface area contributed by atoms with Crippen molar-refractivity contribution in [1.29, 1.82) is 0 Å². The van der Waals surface area contributed by atoms with E-state index in [2.05, 4.69) is 146 Å². The fourth-order valence-electron chi connectivity index (χ4n) is 8.75. The zero-order valence-corrected chi connectivity index (χ0v) is 45.1. The van der Waals surface area contributed by atoms with Crippen molar-refractivity contribution < 1.29 is 24.2 Å². The molecule has 1 unspecified atom stereocenters. The maximum Gasteiger partial charge on any atom is 0.229 e. The minimum absolute atomic E-state index is 0.0296. The Morgan fingerprint density at radius 3 is 1.35 bits per heavy atom. The molecule has 0 aliphatic carbocycles. The Kier molecular flexibility index (Phi) is 16.7. The number of amides is 2. The number of benzene rings is 6. The van der Waals surface area contributed by atoms with E-state index in [1.54, 1.807) is 38.4 Å². The number of halogens is 1. The zero-order chi connectivity index (χ0) is 51.9. The molecule has 372 valence electrons. The molecule has 0 radical (unpaired) electrons. The number of aliphatic hydroxyl groups is 1. The van der Waals surface area contributed by atoms with E-state index >= 15 is 0 Å². The summed E-state index contributed by atoms with van der Waals surface area (Å²) in [6, 6.07) is 44.9. The van der Waals surface area contributed by atoms with E-state index in [-0.39, 0.29) is 22.6 Å². The van der Waals surface area contributed by atoms with Gasteiger partial charge in [0.05, 0.1) is 33.4 Å². The third-order valence-corrected chi connectivity index (χ3v) is 13.0. The van der Waals surface area contributed by atoms with Crippen LogP contribution in [0.2, 0.25) is 0 Å². The third kappa shape index (κ3) is 13.3. The van der Waals surface area contributed by atoms with Gasteiger partial charge in [-0.2, -0.15) is 0 Å². The van der Waals surface area contributed by atoms with Crippen molar-refractivity contribution >= 4 is 60.9 Å². The van der Waals surface area contributed by atoms with Crippen molar-refractivity contribution in [2.24, 2.45) is 10.8 Å². The van der Waals surface area contributed by atoms with Gasteiger partial charge in [-0.25, -0.2) is 9.97 Å². The molecule has 1 atom stereocenters. The first kappa shape index (κ1) is 52.9. The number of aryl methyl sites for hydroxylation is 2. The summed E-state index contributed by atoms with van der Waals surface area (Å²) < 4.78 is 11.8. The Hall–Kier alpha value is -6.88. The van der Waals surface area contributed by atoms with Crippen molar-refractivity contribution in [2.45, 2.75) is 94.3 Å². The smallest absolute Gasteiger partial charge is 0.229 e. The van der Waals surface area contributed by atoms with E-state index in [1.807, 2.05) is 73.3 Å². The summed E-state index contributed by atoms with van der Waals surface area (Å²) in [4.78, 5) is 40.1. The van der Waals surface area contributed by atoms with Gasteiger partial charge in [-0.3, -0.25) is 19.4 Å². The fourth-order valence-corrected chi connectivity index (χ4v) is 9.13. The second kappa shape index (κ2) is 22.7. The van der Waals surface area contributed by atoms with Crippen LogP contribution in [0.25, 0.3) is 43.8 Å². The third-order valence-electron chi connectivity index (χ3n) is 12.5. The maximum absolute atomic E-state index is 13.6. The Bertz CT molecular complexity index is 3190. The molecule has 6 aromatic carbocycles. The first-order valence-corrected chi connectivity index (χ1v) is 25.2. The molecule has 0 bridgehead atoms. The minimum Gasteiger partial charge on any atom is -0.496 e. The quantitative estimate of drug-likeness (QED) is 0.123. The molecule has 9 nitrogen and oxygen atoms in total. The van der Waals surface area contributed by atoms with Gasteiger partial charge >= 0.3 is 0 Å². The van der Waals surface area contributed by atoms with Gasteiger partial charge < -0.3 is 14.6 Å². The van der Waals surface area contributed by atoms with Crippen LogP contribution >= 0.6 is 15.9 Å². The molecular weight excluding hydrogens is 961 g/mol. The summed E-state index contributed by atoms with van der Waals surface area (Å²) in [6.45, 7) is 19.2. The average Bonchev–Trinajstić information content (AvgIpc) is 3.33. The van der Waals surface area contributed by atoms with E-state index in [1.165, 1.54) is 0 Å². The predicted molar refractivity (Wildman–Crippen MR) is 299 cm³/mol. The molecular formula is C62H67BrN4O5. The van der Waals surface area contributed by atoms with Crippen molar-refractivity contribution in [3.63, 3.8) is 0 Å². The fraction of sp³-hybridized carbons (Fsp3) is 0.290. The SMILES string of the molecule is COc1ccc(-c2ccc(CN(C(=O)CC(C)(C)C)c3nccc4cc(Br)ccc34)cc2)cc1C.COc1ccc(-c2ccc(CN(C(=O)CC(C)(C)C)c3nccc4cc(C(C)O)ccc34)cc2)cc1C. The zero-order valence-electron chi connectivity index (χ0n) is 43.5. The van der Waals surface area contributed by atoms with E-state index in [0.717, 1.165) is 87.6 Å². The summed E-state index contributed by atoms with van der Waals surface area (Å²) in [6.07, 6.45) is 3.78. The number of nitrogens with zero attached hydrogens (tertiary/aromatic N) is 4. The normalized spacial score (nSPS) is 12.0. The molecule has 8 aromatic rings. The number of ether oxygens (including phenoxy) is 2. The van der Waals surface area contributed by atoms with Gasteiger partial charge in [-0.15, -0.1) is 0 Å². The van der Waals surface area contributed by atoms with Crippen LogP contribution in [0.5, 0.6) is 11.5 Å². The van der Waals surface area contributed by atoms with Gasteiger partial charge in [-0.1, -0.05) is 130 Å². The lowest BCUT2D eigenvalue weighted by molar-refractivity contribution is -0.121. The monoisotopic (exact) mass is 1030 g/mol. The Morgan fingerprint density at radius 2 is 0.958 bits per heavy atom. The van der Waals surface area contributed by atoms with Crippen molar-refractivity contribution in [1.82, 2.24) is 9.97 Å². The molecule has 10 heteroatoms. The number of rotatable bonds is 13. The van der Waals surface area contributed by atoms with Crippen molar-refractivity contribution in [3.05, 3.63) is 178 Å². The van der Waals surface area contributed by atoms with Crippen LogP contribution in [0.1, 0.15) is 95.2 Å². The molecule has 0 fully saturated rings. The lowest BCUT2D eigenvalue weighted by Crippen LogP contribution is -2.34. The summed E-state index contributed by atoms with van der Waals surface area (Å²) in [5.74, 6) is 3.18. The lowest BCUT2D eigenvalue weighted by Gasteiger charge is -2.27. The molecule has 0 aliphatic rings. The van der Waals surface area contributed by atoms with Crippen molar-refractivity contribution in [2.75, 3.05) is 24.0 Å². The number of anilines is 2. The molecule has 2 amide bonds. The minimum atomic E-state index is -0.562. The summed E-state index contributed by atoms with van der Waals surface area (Å²) in [5.41, 5.74) is 9.30. The Labute approximate surface area is 434 Å². The van der Waals surface area contributed by atoms with E-state index < -0.39 is 6.10 Å². The van der Waals surface area contributed by atoms with Crippen molar-refractivity contribution in [3.8, 4) is 33.8 Å². The van der Waals surface area contributed by atoms with Crippen LogP contribution in [-0.2, 0) is 22.7 Å². The van der Waals surface area contributed by atoms with Crippen LogP contribution < -0.4 is 19.3 Å². The topological polar surface area (TPSA) is 105 Å². The lowest BCUT2D eigenvalue weighted by atomic mass is 9.91. The standard InChI is InChI=1S/C32H36N2O3.C30H31BrN2O2/c1-21-17-26(12-14-29(21)37-6)24-9-7-23(8-10-24)20-34(30(36)19-32(3,4)5)31-28-13-11-25(22(2)35)18-27(28)15-16-33-31;1-20-16-23(10-13-27(20)35-5)22-8-6-21(7-9-22)19-33(28(34)18-30(2,3)4)29-26-12-11-25(31)17-24(26)14-15-32-29/h7-18,22,35H,19-20H2,1-6H3;6-17H,18-19H2,1-5H3. The largest absolute Gasteiger partial charge is 0.496 e. The van der Waals surface area contributed by atoms with Gasteiger partial charge in [0.15, 0.2) is 0 Å². The number of hydrogen-bond acceptors (Lipinski definition) is 7. The van der Waals surface area contributed by atoms with E-state index in [4.69, 9.17) is 9.47 Å². The molecule has 72 heavy (non-hydrogen) atoms. The van der Waals surface area contributed by atoms with Gasteiger partial charge in [0.1, 0.15) is 23.1 Å². The summed E-state index contributed by atoms with van der Waals surface area (Å²) in [7, 11) is 3.37. The highest BCUT2D eigenvalue weighted by Crippen LogP contribution is 2.34. The number of fused-ring (bicyclic) bond motifs is 2. The number of carbonyl (C=O) groups excluding carboxylic acids is 2. The number of aromatic nitrogens is 2. The molecule has 1 N–H and O–H groups in total. The molecule has 0 aliphatic heterocycles. The number of hydrogen-bond donors (Lipinski definition) is 1. The Balaban J connectivity index is 0.000000212. The highest BCUT2D eigenvalue weighted by molar-refractivity contribution is 9.10. The molecule has 2 heterocycles. The second-order valence-corrected chi connectivity index (χ2v) is 21.9. The number of carbonyl (C=O) groups is 2. The van der Waals surface area contributed by atoms with E-state index in [0.29, 0.717) is 37.6 Å². The second-order valence-electron chi connectivity index (χ2n) is 21.0. The highest BCUT2D eigenvalue weighted by atomic mass is 79.9. The molecule has 8 rings (SSSR count). The maximum atomic E-state index is 13.6. The van der Waals surface area contributed by atoms with Crippen LogP contribution in [0.3, 0.4) is 0 Å². The first-order valence-electron chi connectivity index (χ1n) is 24.4. The molecule has 2 aromatic heterocycles. The van der Waals surface area contributed by atoms with Crippen LogP contribution in [-0.4, -0.2) is 41.1 Å².